The van der Waals surface area contributed by atoms with Crippen molar-refractivity contribution in [2.24, 2.45) is 0 Å². The first kappa shape index (κ1) is 13.7. The zero-order chi connectivity index (χ0) is 15.7. The molecular formula is C19H11NO2. The second-order valence-corrected chi connectivity index (χ2v) is 4.77. The molecule has 3 nitrogen and oxygen atoms in total. The SMILES string of the molecule is C#Cc1ccc(N2C(=O)c3ccc(C#CC)cc3C2=O)cc1. The van der Waals surface area contributed by atoms with E-state index in [1.54, 1.807) is 49.4 Å². The lowest BCUT2D eigenvalue weighted by atomic mass is 10.1. The van der Waals surface area contributed by atoms with E-state index in [1.165, 1.54) is 0 Å². The summed E-state index contributed by atoms with van der Waals surface area (Å²) in [6.45, 7) is 1.72. The number of amides is 2. The maximum atomic E-state index is 12.5. The Kier molecular flexibility index (Phi) is 3.26. The molecule has 0 fully saturated rings. The van der Waals surface area contributed by atoms with Crippen LogP contribution < -0.4 is 4.90 Å². The smallest absolute Gasteiger partial charge is 0.266 e. The Morgan fingerprint density at radius 2 is 1.55 bits per heavy atom. The number of benzene rings is 2. The molecule has 2 aromatic rings. The van der Waals surface area contributed by atoms with Crippen molar-refractivity contribution in [2.45, 2.75) is 6.92 Å². The van der Waals surface area contributed by atoms with Crippen molar-refractivity contribution in [3.8, 4) is 24.2 Å². The Morgan fingerprint density at radius 3 is 2.18 bits per heavy atom. The van der Waals surface area contributed by atoms with Crippen LogP contribution in [0.3, 0.4) is 0 Å². The van der Waals surface area contributed by atoms with Gasteiger partial charge in [0.1, 0.15) is 0 Å². The minimum absolute atomic E-state index is 0.329. The summed E-state index contributed by atoms with van der Waals surface area (Å²) in [5, 5.41) is 0. The zero-order valence-electron chi connectivity index (χ0n) is 11.9. The minimum Gasteiger partial charge on any atom is -0.268 e. The first-order valence-corrected chi connectivity index (χ1v) is 6.68. The number of imide groups is 1. The summed E-state index contributed by atoms with van der Waals surface area (Å²) in [4.78, 5) is 26.2. The number of carbonyl (C=O) groups is 2. The van der Waals surface area contributed by atoms with E-state index in [9.17, 15) is 9.59 Å². The second kappa shape index (κ2) is 5.24. The predicted octanol–water partition coefficient (Wildman–Crippen LogP) is 2.84. The number of anilines is 1. The second-order valence-electron chi connectivity index (χ2n) is 4.77. The summed E-state index contributed by atoms with van der Waals surface area (Å²) >= 11 is 0. The fourth-order valence-electron chi connectivity index (χ4n) is 2.40. The van der Waals surface area contributed by atoms with E-state index in [2.05, 4.69) is 17.8 Å². The zero-order valence-corrected chi connectivity index (χ0v) is 11.9. The third kappa shape index (κ3) is 2.06. The Hall–Kier alpha value is -3.30. The standard InChI is InChI=1S/C19H11NO2/c1-3-5-14-8-11-16-17(12-14)19(22)20(18(16)21)15-9-6-13(4-2)7-10-15/h2,6-12H,1H3. The van der Waals surface area contributed by atoms with Gasteiger partial charge in [-0.15, -0.1) is 12.3 Å². The number of fused-ring (bicyclic) bond motifs is 1. The average Bonchev–Trinajstić information content (AvgIpc) is 2.79. The molecule has 22 heavy (non-hydrogen) atoms. The van der Waals surface area contributed by atoms with Gasteiger partial charge in [-0.05, 0) is 49.4 Å². The van der Waals surface area contributed by atoms with E-state index >= 15 is 0 Å². The number of hydrogen-bond acceptors (Lipinski definition) is 2. The van der Waals surface area contributed by atoms with E-state index in [1.807, 2.05) is 0 Å². The lowest BCUT2D eigenvalue weighted by Gasteiger charge is -2.13. The van der Waals surface area contributed by atoms with Crippen molar-refractivity contribution in [3.63, 3.8) is 0 Å². The van der Waals surface area contributed by atoms with Crippen molar-refractivity contribution in [2.75, 3.05) is 4.90 Å². The largest absolute Gasteiger partial charge is 0.268 e. The van der Waals surface area contributed by atoms with E-state index < -0.39 is 0 Å². The summed E-state index contributed by atoms with van der Waals surface area (Å²) < 4.78 is 0. The summed E-state index contributed by atoms with van der Waals surface area (Å²) in [5.74, 6) is 7.50. The summed E-state index contributed by atoms with van der Waals surface area (Å²) in [6, 6.07) is 11.8. The quantitative estimate of drug-likeness (QED) is 0.597. The topological polar surface area (TPSA) is 37.4 Å². The highest BCUT2D eigenvalue weighted by Crippen LogP contribution is 2.29. The maximum absolute atomic E-state index is 12.5. The third-order valence-corrected chi connectivity index (χ3v) is 3.45. The van der Waals surface area contributed by atoms with Crippen LogP contribution in [0.4, 0.5) is 5.69 Å². The van der Waals surface area contributed by atoms with Crippen molar-refractivity contribution in [1.82, 2.24) is 0 Å². The van der Waals surface area contributed by atoms with Crippen molar-refractivity contribution in [3.05, 3.63) is 64.7 Å². The van der Waals surface area contributed by atoms with Gasteiger partial charge in [-0.25, -0.2) is 4.90 Å². The molecule has 1 aliphatic heterocycles. The van der Waals surface area contributed by atoms with E-state index in [0.717, 1.165) is 4.90 Å². The normalized spacial score (nSPS) is 12.5. The molecule has 2 amide bonds. The van der Waals surface area contributed by atoms with Gasteiger partial charge < -0.3 is 0 Å². The molecule has 0 saturated heterocycles. The van der Waals surface area contributed by atoms with Gasteiger partial charge in [0.2, 0.25) is 0 Å². The first-order chi connectivity index (χ1) is 10.7. The Labute approximate surface area is 128 Å². The highest BCUT2D eigenvalue weighted by atomic mass is 16.2. The van der Waals surface area contributed by atoms with Gasteiger partial charge in [0.25, 0.3) is 11.8 Å². The van der Waals surface area contributed by atoms with Gasteiger partial charge >= 0.3 is 0 Å². The maximum Gasteiger partial charge on any atom is 0.266 e. The Bertz CT molecular complexity index is 890. The van der Waals surface area contributed by atoms with Gasteiger partial charge in [0.15, 0.2) is 0 Å². The lowest BCUT2D eigenvalue weighted by molar-refractivity contribution is 0.0926. The molecule has 0 bridgehead atoms. The Morgan fingerprint density at radius 1 is 0.909 bits per heavy atom. The number of rotatable bonds is 1. The number of terminal acetylenes is 1. The molecule has 3 heteroatoms. The number of nitrogens with zero attached hydrogens (tertiary/aromatic N) is 1. The molecule has 3 rings (SSSR count). The molecule has 0 N–H and O–H groups in total. The fourth-order valence-corrected chi connectivity index (χ4v) is 2.40. The minimum atomic E-state index is -0.340. The van der Waals surface area contributed by atoms with Crippen molar-refractivity contribution >= 4 is 17.5 Å². The van der Waals surface area contributed by atoms with Crippen LogP contribution in [0.1, 0.15) is 38.8 Å². The highest BCUT2D eigenvalue weighted by Gasteiger charge is 2.36. The van der Waals surface area contributed by atoms with Gasteiger partial charge in [0, 0.05) is 11.1 Å². The average molecular weight is 285 g/mol. The Balaban J connectivity index is 2.05. The summed E-state index contributed by atoms with van der Waals surface area (Å²) in [7, 11) is 0. The van der Waals surface area contributed by atoms with Gasteiger partial charge in [-0.2, -0.15) is 0 Å². The molecule has 104 valence electrons. The molecule has 0 unspecified atom stereocenters. The van der Waals surface area contributed by atoms with Crippen LogP contribution >= 0.6 is 0 Å². The van der Waals surface area contributed by atoms with Crippen molar-refractivity contribution in [1.29, 1.82) is 0 Å². The van der Waals surface area contributed by atoms with Gasteiger partial charge in [-0.3, -0.25) is 9.59 Å². The molecule has 0 spiro atoms. The number of hydrogen-bond donors (Lipinski definition) is 0. The molecule has 0 aromatic heterocycles. The fraction of sp³-hybridized carbons (Fsp3) is 0.0526. The molecule has 1 aliphatic rings. The van der Waals surface area contributed by atoms with Gasteiger partial charge in [0.05, 0.1) is 16.8 Å². The molecule has 0 atom stereocenters. The van der Waals surface area contributed by atoms with E-state index in [0.29, 0.717) is 27.9 Å². The van der Waals surface area contributed by atoms with Gasteiger partial charge in [-0.1, -0.05) is 11.8 Å². The van der Waals surface area contributed by atoms with Crippen LogP contribution in [-0.2, 0) is 0 Å². The molecule has 0 radical (unpaired) electrons. The highest BCUT2D eigenvalue weighted by molar-refractivity contribution is 6.34. The van der Waals surface area contributed by atoms with Crippen LogP contribution in [0.2, 0.25) is 0 Å². The molecule has 2 aromatic carbocycles. The van der Waals surface area contributed by atoms with Crippen LogP contribution in [0.25, 0.3) is 0 Å². The lowest BCUT2D eigenvalue weighted by Crippen LogP contribution is -2.29. The van der Waals surface area contributed by atoms with Crippen LogP contribution in [-0.4, -0.2) is 11.8 Å². The van der Waals surface area contributed by atoms with E-state index in [-0.39, 0.29) is 11.8 Å². The van der Waals surface area contributed by atoms with Crippen LogP contribution in [0.15, 0.2) is 42.5 Å². The van der Waals surface area contributed by atoms with E-state index in [4.69, 9.17) is 6.42 Å². The molecule has 0 aliphatic carbocycles. The first-order valence-electron chi connectivity index (χ1n) is 6.68. The molecule has 1 heterocycles. The predicted molar refractivity (Wildman–Crippen MR) is 84.5 cm³/mol. The van der Waals surface area contributed by atoms with Crippen molar-refractivity contribution < 1.29 is 9.59 Å². The number of carbonyl (C=O) groups excluding carboxylic acids is 2. The molecular weight excluding hydrogens is 274 g/mol. The van der Waals surface area contributed by atoms with Crippen LogP contribution in [0, 0.1) is 24.2 Å². The van der Waals surface area contributed by atoms with Crippen LogP contribution in [0.5, 0.6) is 0 Å². The summed E-state index contributed by atoms with van der Waals surface area (Å²) in [5.41, 5.74) is 2.69. The summed E-state index contributed by atoms with van der Waals surface area (Å²) in [6.07, 6.45) is 5.31. The third-order valence-electron chi connectivity index (χ3n) is 3.45. The monoisotopic (exact) mass is 285 g/mol. The molecule has 0 saturated carbocycles.